The van der Waals surface area contributed by atoms with E-state index in [-0.39, 0.29) is 17.9 Å². The molecule has 7 heteroatoms. The summed E-state index contributed by atoms with van der Waals surface area (Å²) >= 11 is 1.61. The van der Waals surface area contributed by atoms with Crippen molar-refractivity contribution in [1.82, 2.24) is 15.2 Å². The van der Waals surface area contributed by atoms with Crippen LogP contribution in [0.25, 0.3) is 10.6 Å². The normalized spacial score (nSPS) is 15.4. The van der Waals surface area contributed by atoms with Gasteiger partial charge in [0.05, 0.1) is 12.8 Å². The predicted octanol–water partition coefficient (Wildman–Crippen LogP) is 4.10. The van der Waals surface area contributed by atoms with E-state index >= 15 is 0 Å². The van der Waals surface area contributed by atoms with Crippen molar-refractivity contribution < 1.29 is 14.3 Å². The summed E-state index contributed by atoms with van der Waals surface area (Å²) in [6, 6.07) is 17.5. The fourth-order valence-electron chi connectivity index (χ4n) is 4.09. The first-order valence-corrected chi connectivity index (χ1v) is 12.2. The number of aromatic nitrogens is 1. The maximum absolute atomic E-state index is 12.8. The second kappa shape index (κ2) is 11.1. The van der Waals surface area contributed by atoms with Crippen molar-refractivity contribution in [2.45, 2.75) is 38.1 Å². The molecule has 0 aliphatic carbocycles. The summed E-state index contributed by atoms with van der Waals surface area (Å²) in [6.45, 7) is 1.16. The molecule has 1 aromatic heterocycles. The number of nitrogens with one attached hydrogen (secondary N) is 1. The molecule has 0 bridgehead atoms. The van der Waals surface area contributed by atoms with E-state index in [4.69, 9.17) is 4.74 Å². The molecule has 0 spiro atoms. The first-order valence-electron chi connectivity index (χ1n) is 11.3. The van der Waals surface area contributed by atoms with Crippen LogP contribution in [0.4, 0.5) is 0 Å². The number of aryl methyl sites for hydroxylation is 1. The van der Waals surface area contributed by atoms with Crippen molar-refractivity contribution in [2.75, 3.05) is 20.2 Å². The number of carbonyl (C=O) groups is 2. The van der Waals surface area contributed by atoms with Gasteiger partial charge in [0, 0.05) is 36.9 Å². The average molecular weight is 464 g/mol. The second-order valence-electron chi connectivity index (χ2n) is 8.14. The Kier molecular flexibility index (Phi) is 7.73. The highest BCUT2D eigenvalue weighted by Gasteiger charge is 2.33. The monoisotopic (exact) mass is 463 g/mol. The largest absolute Gasteiger partial charge is 0.497 e. The molecule has 33 heavy (non-hydrogen) atoms. The lowest BCUT2D eigenvalue weighted by Gasteiger charge is -2.24. The SMILES string of the molecule is COc1ccc(CCC(=O)N2CCC[C@@H]2C(=O)NCCc2csc(-c3ccccc3)n2)cc1. The van der Waals surface area contributed by atoms with Crippen molar-refractivity contribution in [1.29, 1.82) is 0 Å². The van der Waals surface area contributed by atoms with E-state index in [2.05, 4.69) is 10.3 Å². The van der Waals surface area contributed by atoms with Crippen molar-refractivity contribution in [2.24, 2.45) is 0 Å². The van der Waals surface area contributed by atoms with Crippen LogP contribution < -0.4 is 10.1 Å². The number of ether oxygens (including phenoxy) is 1. The highest BCUT2D eigenvalue weighted by molar-refractivity contribution is 7.13. The summed E-state index contributed by atoms with van der Waals surface area (Å²) in [5.41, 5.74) is 3.16. The van der Waals surface area contributed by atoms with Crippen molar-refractivity contribution >= 4 is 23.2 Å². The van der Waals surface area contributed by atoms with E-state index in [1.54, 1.807) is 23.3 Å². The van der Waals surface area contributed by atoms with Gasteiger partial charge >= 0.3 is 0 Å². The van der Waals surface area contributed by atoms with Crippen molar-refractivity contribution in [3.63, 3.8) is 0 Å². The quantitative estimate of drug-likeness (QED) is 0.519. The molecule has 3 aromatic rings. The number of benzene rings is 2. The molecule has 2 aromatic carbocycles. The van der Waals surface area contributed by atoms with Crippen LogP contribution >= 0.6 is 11.3 Å². The van der Waals surface area contributed by atoms with Gasteiger partial charge < -0.3 is 15.0 Å². The summed E-state index contributed by atoms with van der Waals surface area (Å²) in [5, 5.41) is 6.04. The topological polar surface area (TPSA) is 71.5 Å². The van der Waals surface area contributed by atoms with Crippen LogP contribution in [0.3, 0.4) is 0 Å². The minimum atomic E-state index is -0.372. The predicted molar refractivity (Wildman–Crippen MR) is 130 cm³/mol. The van der Waals surface area contributed by atoms with Gasteiger partial charge in [-0.15, -0.1) is 11.3 Å². The third kappa shape index (κ3) is 5.99. The molecule has 1 aliphatic heterocycles. The third-order valence-electron chi connectivity index (χ3n) is 5.92. The smallest absolute Gasteiger partial charge is 0.242 e. The Morgan fingerprint density at radius 1 is 1.12 bits per heavy atom. The molecular weight excluding hydrogens is 434 g/mol. The maximum atomic E-state index is 12.8. The second-order valence-corrected chi connectivity index (χ2v) is 9.00. The van der Waals surface area contributed by atoms with Crippen LogP contribution in [-0.2, 0) is 22.4 Å². The summed E-state index contributed by atoms with van der Waals surface area (Å²) in [7, 11) is 1.63. The standard InChI is InChI=1S/C26H29N3O3S/c1-32-22-12-9-19(10-13-22)11-14-24(30)29-17-5-8-23(29)25(31)27-16-15-21-18-33-26(28-21)20-6-3-2-4-7-20/h2-4,6-7,9-10,12-13,18,23H,5,8,11,14-17H2,1H3,(H,27,31)/t23-/m1/s1. The summed E-state index contributed by atoms with van der Waals surface area (Å²) in [6.07, 6.45) is 3.31. The highest BCUT2D eigenvalue weighted by Crippen LogP contribution is 2.23. The van der Waals surface area contributed by atoms with Gasteiger partial charge in [0.1, 0.15) is 16.8 Å². The zero-order valence-electron chi connectivity index (χ0n) is 18.8. The third-order valence-corrected chi connectivity index (χ3v) is 6.86. The zero-order chi connectivity index (χ0) is 23.0. The Bertz CT molecular complexity index is 1070. The van der Waals surface area contributed by atoms with E-state index in [1.165, 1.54) is 0 Å². The van der Waals surface area contributed by atoms with E-state index in [9.17, 15) is 9.59 Å². The molecule has 1 aliphatic rings. The summed E-state index contributed by atoms with van der Waals surface area (Å²) < 4.78 is 5.18. The number of nitrogens with zero attached hydrogens (tertiary/aromatic N) is 2. The number of amides is 2. The van der Waals surface area contributed by atoms with E-state index in [0.717, 1.165) is 40.4 Å². The Hall–Kier alpha value is -3.19. The molecule has 2 heterocycles. The molecular formula is C26H29N3O3S. The van der Waals surface area contributed by atoms with Gasteiger partial charge in [0.15, 0.2) is 0 Å². The summed E-state index contributed by atoms with van der Waals surface area (Å²) in [4.78, 5) is 32.0. The number of likely N-dealkylation sites (tertiary alicyclic amines) is 1. The first-order chi connectivity index (χ1) is 16.1. The molecule has 1 atom stereocenters. The van der Waals surface area contributed by atoms with Crippen LogP contribution in [-0.4, -0.2) is 47.9 Å². The Morgan fingerprint density at radius 2 is 1.91 bits per heavy atom. The van der Waals surface area contributed by atoms with Crippen LogP contribution in [0.1, 0.15) is 30.5 Å². The Morgan fingerprint density at radius 3 is 2.67 bits per heavy atom. The first kappa shape index (κ1) is 23.0. The fourth-order valence-corrected chi connectivity index (χ4v) is 4.95. The molecule has 0 radical (unpaired) electrons. The van der Waals surface area contributed by atoms with Gasteiger partial charge in [-0.2, -0.15) is 0 Å². The fraction of sp³-hybridized carbons (Fsp3) is 0.346. The molecule has 2 amide bonds. The van der Waals surface area contributed by atoms with Crippen LogP contribution in [0.2, 0.25) is 0 Å². The van der Waals surface area contributed by atoms with Crippen molar-refractivity contribution in [3.05, 3.63) is 71.2 Å². The average Bonchev–Trinajstić information content (AvgIpc) is 3.54. The van der Waals surface area contributed by atoms with Gasteiger partial charge in [-0.05, 0) is 37.0 Å². The molecule has 1 N–H and O–H groups in total. The highest BCUT2D eigenvalue weighted by atomic mass is 32.1. The lowest BCUT2D eigenvalue weighted by molar-refractivity contribution is -0.138. The molecule has 0 unspecified atom stereocenters. The molecule has 0 saturated carbocycles. The summed E-state index contributed by atoms with van der Waals surface area (Å²) in [5.74, 6) is 0.773. The van der Waals surface area contributed by atoms with Gasteiger partial charge in [0.25, 0.3) is 0 Å². The molecule has 6 nitrogen and oxygen atoms in total. The molecule has 4 rings (SSSR count). The van der Waals surface area contributed by atoms with Gasteiger partial charge in [-0.1, -0.05) is 42.5 Å². The lowest BCUT2D eigenvalue weighted by atomic mass is 10.1. The van der Waals surface area contributed by atoms with E-state index < -0.39 is 0 Å². The van der Waals surface area contributed by atoms with Gasteiger partial charge in [-0.25, -0.2) is 4.98 Å². The number of carbonyl (C=O) groups excluding carboxylic acids is 2. The van der Waals surface area contributed by atoms with Gasteiger partial charge in [0.2, 0.25) is 11.8 Å². The zero-order valence-corrected chi connectivity index (χ0v) is 19.6. The number of rotatable bonds is 9. The van der Waals surface area contributed by atoms with Crippen LogP contribution in [0, 0.1) is 0 Å². The lowest BCUT2D eigenvalue weighted by Crippen LogP contribution is -2.46. The van der Waals surface area contributed by atoms with Crippen LogP contribution in [0.5, 0.6) is 5.75 Å². The molecule has 172 valence electrons. The van der Waals surface area contributed by atoms with Crippen molar-refractivity contribution in [3.8, 4) is 16.3 Å². The maximum Gasteiger partial charge on any atom is 0.242 e. The number of hydrogen-bond donors (Lipinski definition) is 1. The molecule has 1 fully saturated rings. The molecule has 1 saturated heterocycles. The van der Waals surface area contributed by atoms with Crippen LogP contribution in [0.15, 0.2) is 60.0 Å². The van der Waals surface area contributed by atoms with E-state index in [1.807, 2.05) is 60.0 Å². The minimum Gasteiger partial charge on any atom is -0.497 e. The number of hydrogen-bond acceptors (Lipinski definition) is 5. The van der Waals surface area contributed by atoms with Gasteiger partial charge in [-0.3, -0.25) is 9.59 Å². The Labute approximate surface area is 198 Å². The van der Waals surface area contributed by atoms with E-state index in [0.29, 0.717) is 32.4 Å². The number of thiazole rings is 1. The Balaban J connectivity index is 1.24. The number of methoxy groups -OCH3 is 1. The minimum absolute atomic E-state index is 0.0375.